The number of methoxy groups -OCH3 is 1. The Bertz CT molecular complexity index is 906. The molecule has 0 aliphatic carbocycles. The SMILES string of the molecule is COc1ccc(NC(=O)CCC2CCCN(C(=O)c3ccccc3SC)C2)cc1Cl. The highest BCUT2D eigenvalue weighted by Crippen LogP contribution is 2.28. The molecule has 160 valence electrons. The second-order valence-electron chi connectivity index (χ2n) is 7.40. The number of halogens is 1. The summed E-state index contributed by atoms with van der Waals surface area (Å²) in [6, 6.07) is 12.9. The third-order valence-electron chi connectivity index (χ3n) is 5.36. The number of carbonyl (C=O) groups excluding carboxylic acids is 2. The number of nitrogens with one attached hydrogen (secondary N) is 1. The van der Waals surface area contributed by atoms with Crippen LogP contribution in [0, 0.1) is 5.92 Å². The van der Waals surface area contributed by atoms with Crippen LogP contribution in [-0.2, 0) is 4.79 Å². The van der Waals surface area contributed by atoms with Gasteiger partial charge in [-0.15, -0.1) is 11.8 Å². The molecule has 1 N–H and O–H groups in total. The number of hydrogen-bond donors (Lipinski definition) is 1. The first-order chi connectivity index (χ1) is 14.5. The Morgan fingerprint density at radius 3 is 2.80 bits per heavy atom. The van der Waals surface area contributed by atoms with Crippen LogP contribution in [-0.4, -0.2) is 43.2 Å². The van der Waals surface area contributed by atoms with Crippen molar-refractivity contribution in [3.63, 3.8) is 0 Å². The number of piperidine rings is 1. The lowest BCUT2D eigenvalue weighted by atomic mass is 9.92. The van der Waals surface area contributed by atoms with E-state index in [-0.39, 0.29) is 11.8 Å². The number of rotatable bonds is 7. The molecule has 2 aromatic carbocycles. The van der Waals surface area contributed by atoms with Crippen molar-refractivity contribution in [2.45, 2.75) is 30.6 Å². The fraction of sp³-hybridized carbons (Fsp3) is 0.391. The van der Waals surface area contributed by atoms with Crippen LogP contribution in [0.1, 0.15) is 36.0 Å². The van der Waals surface area contributed by atoms with E-state index in [1.807, 2.05) is 35.4 Å². The molecule has 5 nitrogen and oxygen atoms in total. The topological polar surface area (TPSA) is 58.6 Å². The van der Waals surface area contributed by atoms with Gasteiger partial charge in [-0.3, -0.25) is 9.59 Å². The highest BCUT2D eigenvalue weighted by Gasteiger charge is 2.26. The van der Waals surface area contributed by atoms with Gasteiger partial charge in [0.15, 0.2) is 0 Å². The Morgan fingerprint density at radius 1 is 1.27 bits per heavy atom. The van der Waals surface area contributed by atoms with E-state index in [0.717, 1.165) is 36.3 Å². The molecule has 1 fully saturated rings. The van der Waals surface area contributed by atoms with Crippen LogP contribution >= 0.6 is 23.4 Å². The zero-order valence-corrected chi connectivity index (χ0v) is 18.9. The van der Waals surface area contributed by atoms with Gasteiger partial charge in [0.05, 0.1) is 17.7 Å². The summed E-state index contributed by atoms with van der Waals surface area (Å²) in [6.45, 7) is 1.47. The van der Waals surface area contributed by atoms with Gasteiger partial charge in [-0.2, -0.15) is 0 Å². The van der Waals surface area contributed by atoms with Crippen LogP contribution < -0.4 is 10.1 Å². The standard InChI is InChI=1S/C23H27ClN2O3S/c1-29-20-11-10-17(14-19(20)24)25-22(27)12-9-16-6-5-13-26(15-16)23(28)18-7-3-4-8-21(18)30-2/h3-4,7-8,10-11,14,16H,5-6,9,12-13,15H2,1-2H3,(H,25,27). The largest absolute Gasteiger partial charge is 0.495 e. The molecule has 0 bridgehead atoms. The Balaban J connectivity index is 1.53. The molecular formula is C23H27ClN2O3S. The molecule has 1 heterocycles. The number of thioether (sulfide) groups is 1. The third-order valence-corrected chi connectivity index (χ3v) is 6.45. The molecule has 30 heavy (non-hydrogen) atoms. The molecule has 2 amide bonds. The van der Waals surface area contributed by atoms with Crippen molar-refractivity contribution < 1.29 is 14.3 Å². The van der Waals surface area contributed by atoms with Gasteiger partial charge in [-0.05, 0) is 61.8 Å². The number of likely N-dealkylation sites (tertiary alicyclic amines) is 1. The van der Waals surface area contributed by atoms with E-state index in [9.17, 15) is 9.59 Å². The van der Waals surface area contributed by atoms with Gasteiger partial charge in [-0.1, -0.05) is 23.7 Å². The molecule has 3 rings (SSSR count). The molecule has 1 atom stereocenters. The van der Waals surface area contributed by atoms with Gasteiger partial charge in [0.1, 0.15) is 5.75 Å². The normalized spacial score (nSPS) is 16.2. The van der Waals surface area contributed by atoms with Crippen molar-refractivity contribution in [2.75, 3.05) is 31.8 Å². The first-order valence-electron chi connectivity index (χ1n) is 10.1. The average molecular weight is 447 g/mol. The zero-order valence-electron chi connectivity index (χ0n) is 17.3. The first kappa shape index (κ1) is 22.5. The second-order valence-corrected chi connectivity index (χ2v) is 8.65. The minimum Gasteiger partial charge on any atom is -0.495 e. The zero-order chi connectivity index (χ0) is 21.5. The fourth-order valence-electron chi connectivity index (χ4n) is 3.78. The third kappa shape index (κ3) is 5.70. The number of ether oxygens (including phenoxy) is 1. The van der Waals surface area contributed by atoms with Gasteiger partial charge < -0.3 is 15.0 Å². The molecule has 2 aromatic rings. The summed E-state index contributed by atoms with van der Waals surface area (Å²) in [6.07, 6.45) is 5.16. The second kappa shape index (κ2) is 10.7. The number of nitrogens with zero attached hydrogens (tertiary/aromatic N) is 1. The van der Waals surface area contributed by atoms with Gasteiger partial charge >= 0.3 is 0 Å². The van der Waals surface area contributed by atoms with Crippen molar-refractivity contribution in [1.82, 2.24) is 4.90 Å². The van der Waals surface area contributed by atoms with Crippen molar-refractivity contribution in [2.24, 2.45) is 5.92 Å². The number of carbonyl (C=O) groups is 2. The smallest absolute Gasteiger partial charge is 0.254 e. The van der Waals surface area contributed by atoms with Crippen LogP contribution in [0.5, 0.6) is 5.75 Å². The maximum atomic E-state index is 13.0. The monoisotopic (exact) mass is 446 g/mol. The van der Waals surface area contributed by atoms with Crippen LogP contribution in [0.25, 0.3) is 0 Å². The maximum absolute atomic E-state index is 13.0. The lowest BCUT2D eigenvalue weighted by Gasteiger charge is -2.33. The van der Waals surface area contributed by atoms with E-state index in [0.29, 0.717) is 35.3 Å². The van der Waals surface area contributed by atoms with Crippen molar-refractivity contribution in [3.8, 4) is 5.75 Å². The molecule has 0 spiro atoms. The predicted octanol–water partition coefficient (Wildman–Crippen LogP) is 5.34. The highest BCUT2D eigenvalue weighted by atomic mass is 35.5. The quantitative estimate of drug-likeness (QED) is 0.583. The first-order valence-corrected chi connectivity index (χ1v) is 11.7. The number of anilines is 1. The van der Waals surface area contributed by atoms with Crippen molar-refractivity contribution in [3.05, 3.63) is 53.1 Å². The van der Waals surface area contributed by atoms with E-state index in [2.05, 4.69) is 5.32 Å². The lowest BCUT2D eigenvalue weighted by molar-refractivity contribution is -0.116. The summed E-state index contributed by atoms with van der Waals surface area (Å²) in [4.78, 5) is 28.3. The average Bonchev–Trinajstić information content (AvgIpc) is 2.77. The summed E-state index contributed by atoms with van der Waals surface area (Å²) in [7, 11) is 1.55. The Morgan fingerprint density at radius 2 is 2.07 bits per heavy atom. The summed E-state index contributed by atoms with van der Waals surface area (Å²) in [5, 5.41) is 3.35. The lowest BCUT2D eigenvalue weighted by Crippen LogP contribution is -2.40. The molecule has 1 aliphatic heterocycles. The van der Waals surface area contributed by atoms with Gasteiger partial charge in [-0.25, -0.2) is 0 Å². The Labute approximate surface area is 187 Å². The number of benzene rings is 2. The van der Waals surface area contributed by atoms with Crippen LogP contribution in [0.2, 0.25) is 5.02 Å². The van der Waals surface area contributed by atoms with Crippen LogP contribution in [0.4, 0.5) is 5.69 Å². The Kier molecular flexibility index (Phi) is 8.05. The molecular weight excluding hydrogens is 420 g/mol. The van der Waals surface area contributed by atoms with E-state index >= 15 is 0 Å². The molecule has 1 unspecified atom stereocenters. The maximum Gasteiger partial charge on any atom is 0.254 e. The summed E-state index contributed by atoms with van der Waals surface area (Å²) in [5.74, 6) is 0.938. The molecule has 1 saturated heterocycles. The predicted molar refractivity (Wildman–Crippen MR) is 123 cm³/mol. The Hall–Kier alpha value is -2.18. The minimum absolute atomic E-state index is 0.0487. The number of amides is 2. The number of hydrogen-bond acceptors (Lipinski definition) is 4. The minimum atomic E-state index is -0.0487. The van der Waals surface area contributed by atoms with Crippen molar-refractivity contribution >= 4 is 40.9 Å². The summed E-state index contributed by atoms with van der Waals surface area (Å²) >= 11 is 7.70. The van der Waals surface area contributed by atoms with E-state index in [1.54, 1.807) is 37.1 Å². The van der Waals surface area contributed by atoms with Crippen LogP contribution in [0.3, 0.4) is 0 Å². The van der Waals surface area contributed by atoms with Gasteiger partial charge in [0.2, 0.25) is 5.91 Å². The summed E-state index contributed by atoms with van der Waals surface area (Å²) < 4.78 is 5.13. The summed E-state index contributed by atoms with van der Waals surface area (Å²) in [5.41, 5.74) is 1.42. The molecule has 7 heteroatoms. The van der Waals surface area contributed by atoms with E-state index < -0.39 is 0 Å². The van der Waals surface area contributed by atoms with Crippen molar-refractivity contribution in [1.29, 1.82) is 0 Å². The molecule has 0 radical (unpaired) electrons. The molecule has 0 saturated carbocycles. The highest BCUT2D eigenvalue weighted by molar-refractivity contribution is 7.98. The van der Waals surface area contributed by atoms with Crippen LogP contribution in [0.15, 0.2) is 47.4 Å². The van der Waals surface area contributed by atoms with E-state index in [1.165, 1.54) is 0 Å². The molecule has 0 aromatic heterocycles. The fourth-order valence-corrected chi connectivity index (χ4v) is 4.63. The van der Waals surface area contributed by atoms with E-state index in [4.69, 9.17) is 16.3 Å². The molecule has 1 aliphatic rings. The van der Waals surface area contributed by atoms with Gasteiger partial charge in [0.25, 0.3) is 5.91 Å². The van der Waals surface area contributed by atoms with Gasteiger partial charge in [0, 0.05) is 30.1 Å².